The Bertz CT molecular complexity index is 1410. The van der Waals surface area contributed by atoms with Gasteiger partial charge in [-0.2, -0.15) is 0 Å². The number of hydrogen-bond donors (Lipinski definition) is 4. The van der Waals surface area contributed by atoms with Crippen LogP contribution in [0.5, 0.6) is 0 Å². The number of carboxylic acid groups (broad SMARTS) is 1. The molecule has 236 valence electrons. The molecule has 3 amide bonds. The molecule has 2 aromatic rings. The Labute approximate surface area is 299 Å². The summed E-state index contributed by atoms with van der Waals surface area (Å²) in [7, 11) is 0. The molecule has 44 heavy (non-hydrogen) atoms. The summed E-state index contributed by atoms with van der Waals surface area (Å²) < 4.78 is 8.68. The molecule has 14 heteroatoms. The van der Waals surface area contributed by atoms with Crippen molar-refractivity contribution in [3.05, 3.63) is 55.5 Å². The van der Waals surface area contributed by atoms with E-state index in [0.29, 0.717) is 6.26 Å². The Hall–Kier alpha value is -2.47. The molecule has 1 aliphatic heterocycles. The number of imide groups is 1. The Morgan fingerprint density at radius 2 is 1.41 bits per heavy atom. The van der Waals surface area contributed by atoms with Gasteiger partial charge in [-0.05, 0) is 116 Å². The normalized spacial score (nSPS) is 14.6. The predicted octanol–water partition coefficient (Wildman–Crippen LogP) is 2.03. The predicted molar refractivity (Wildman–Crippen MR) is 171 cm³/mol. The van der Waals surface area contributed by atoms with Crippen LogP contribution in [0.15, 0.2) is 33.2 Å². The second-order valence-electron chi connectivity index (χ2n) is 10.8. The van der Waals surface area contributed by atoms with E-state index in [1.165, 1.54) is 11.8 Å². The average molecular weight is 751 g/mol. The molecule has 1 unspecified atom stereocenters. The Morgan fingerprint density at radius 3 is 1.68 bits per heavy atom. The van der Waals surface area contributed by atoms with Crippen molar-refractivity contribution in [2.45, 2.75) is 86.4 Å². The number of carboxylic acids is 1. The van der Waals surface area contributed by atoms with Gasteiger partial charge in [0.05, 0.1) is 1.37 Å². The summed E-state index contributed by atoms with van der Waals surface area (Å²) in [4.78, 5) is 46.2. The van der Waals surface area contributed by atoms with Gasteiger partial charge in [-0.15, -0.1) is 0 Å². The van der Waals surface area contributed by atoms with Crippen LogP contribution in [0.4, 0.5) is 16.2 Å². The third-order valence-corrected chi connectivity index (χ3v) is 8.66. The number of aryl methyl sites for hydroxylation is 4. The van der Waals surface area contributed by atoms with E-state index in [1.807, 2.05) is 52.0 Å². The monoisotopic (exact) mass is 749 g/mol. The molecule has 1 saturated heterocycles. The molecular weight excluding hydrogens is 711 g/mol. The van der Waals surface area contributed by atoms with Gasteiger partial charge < -0.3 is 20.6 Å². The van der Waals surface area contributed by atoms with E-state index in [4.69, 9.17) is 22.0 Å². The number of aliphatic carboxylic acids is 1. The van der Waals surface area contributed by atoms with Crippen LogP contribution in [0.2, 0.25) is 0 Å². The molecule has 1 atom stereocenters. The molecule has 0 radical (unpaired) electrons. The fraction of sp³-hybridized carbons (Fsp3) is 0.433. The molecule has 3 rings (SSSR count). The number of Topliss-reactive ketones (excluding diaryl/α,β-unsaturated/α-hetero) is 1. The zero-order valence-corrected chi connectivity index (χ0v) is 32.1. The summed E-state index contributed by atoms with van der Waals surface area (Å²) in [5.41, 5.74) is 3.98. The van der Waals surface area contributed by atoms with Gasteiger partial charge in [0.1, 0.15) is 17.2 Å². The van der Waals surface area contributed by atoms with Gasteiger partial charge in [-0.3, -0.25) is 19.8 Å². The molecule has 4 N–H and O–H groups in total. The van der Waals surface area contributed by atoms with E-state index in [-0.39, 0.29) is 41.5 Å². The van der Waals surface area contributed by atoms with Gasteiger partial charge in [-0.1, -0.05) is 31.9 Å². The third-order valence-electron chi connectivity index (χ3n) is 6.16. The van der Waals surface area contributed by atoms with Crippen LogP contribution in [0.3, 0.4) is 0 Å². The number of nitrogens with one attached hydrogen (secondary N) is 2. The first-order valence-electron chi connectivity index (χ1n) is 13.3. The maximum atomic E-state index is 11.9. The van der Waals surface area contributed by atoms with Crippen LogP contribution < -0.4 is 50.2 Å². The topological polar surface area (TPSA) is 183 Å². The number of amides is 3. The van der Waals surface area contributed by atoms with Gasteiger partial charge in [0.2, 0.25) is 0 Å². The van der Waals surface area contributed by atoms with Crippen LogP contribution in [0, 0.1) is 39.2 Å². The molecule has 0 spiro atoms. The Balaban J connectivity index is 0. The number of aliphatic hydroxyl groups is 1. The maximum absolute atomic E-state index is 11.9. The largest absolute Gasteiger partial charge is 1.00 e. The summed E-state index contributed by atoms with van der Waals surface area (Å²) in [5, 5.41) is 37.8. The van der Waals surface area contributed by atoms with Crippen LogP contribution >= 0.6 is 31.9 Å². The van der Waals surface area contributed by atoms with Crippen LogP contribution in [-0.4, -0.2) is 51.1 Å². The number of carbonyl (C=O) groups is 4. The molecular formula is C30H39Br2N4NaO7. The fourth-order valence-corrected chi connectivity index (χ4v) is 4.04. The Morgan fingerprint density at radius 1 is 1.07 bits per heavy atom. The van der Waals surface area contributed by atoms with Gasteiger partial charge in [0.15, 0.2) is 5.78 Å². The van der Waals surface area contributed by atoms with Crippen molar-refractivity contribution in [3.63, 3.8) is 0 Å². The smallest absolute Gasteiger partial charge is 0.812 e. The van der Waals surface area contributed by atoms with Crippen LogP contribution in [-0.2, 0) is 14.4 Å². The van der Waals surface area contributed by atoms with E-state index in [9.17, 15) is 19.2 Å². The summed E-state index contributed by atoms with van der Waals surface area (Å²) in [6.45, 7) is 16.9. The van der Waals surface area contributed by atoms with Crippen molar-refractivity contribution in [2.75, 3.05) is 10.2 Å². The van der Waals surface area contributed by atoms with Crippen molar-refractivity contribution < 1.29 is 65.4 Å². The number of urea groups is 1. The minimum Gasteiger partial charge on any atom is -0.812 e. The molecule has 0 aromatic heterocycles. The summed E-state index contributed by atoms with van der Waals surface area (Å²) in [6.07, 6.45) is -1.39. The minimum absolute atomic E-state index is 0. The number of halogens is 2. The number of hydrogen-bond acceptors (Lipinski definition) is 8. The molecule has 2 aromatic carbocycles. The number of nitriles is 1. The Kier molecular flexibility index (Phi) is 17.4. The first-order chi connectivity index (χ1) is 19.8. The van der Waals surface area contributed by atoms with Crippen molar-refractivity contribution in [1.29, 1.82) is 5.26 Å². The fourth-order valence-electron chi connectivity index (χ4n) is 3.59. The SMILES string of the molecule is Cc1cc(N2C(=O)NC(=O)C2(C)C)cc(C)c1Br.Cc1cc(NC(C)(C)C(=O)O)cc(C)c1Br.N#C[O-].[2H]C(C)(O)C(C)=O.[Na+]. The standard InChI is InChI=1S/C13H15BrN2O2.C12H16BrNO2.C4H8O2.CHNO.Na/c1-7-5-9(6-8(2)10(7)14)16-12(18)15-11(17)13(16,3)4;1-7-5-9(6-8(2)10(7)13)14-12(3,4)11(15)16;1-3(5)4(2)6;2-1-3;/h5-6H,1-4H3,(H,15,17,18);5-6,14H,1-4H3,(H,15,16);3,5H,1-2H3;3H;/q;;;;+1/p-1/i;;3D;;. The first kappa shape index (κ1) is 41.5. The molecule has 0 saturated carbocycles. The summed E-state index contributed by atoms with van der Waals surface area (Å²) >= 11 is 6.97. The zero-order chi connectivity index (χ0) is 35.0. The number of benzene rings is 2. The summed E-state index contributed by atoms with van der Waals surface area (Å²) in [5.74, 6) is -1.68. The molecule has 0 aliphatic carbocycles. The van der Waals surface area contributed by atoms with Gasteiger partial charge in [0.25, 0.3) is 5.91 Å². The van der Waals surface area contributed by atoms with E-state index >= 15 is 0 Å². The van der Waals surface area contributed by atoms with Crippen LogP contribution in [0.1, 0.15) is 65.2 Å². The molecule has 11 nitrogen and oxygen atoms in total. The van der Waals surface area contributed by atoms with E-state index in [2.05, 4.69) is 42.5 Å². The van der Waals surface area contributed by atoms with Crippen LogP contribution in [0.25, 0.3) is 0 Å². The van der Waals surface area contributed by atoms with E-state index in [0.717, 1.165) is 49.5 Å². The summed E-state index contributed by atoms with van der Waals surface area (Å²) in [6, 6.07) is 7.29. The molecule has 1 heterocycles. The number of ketones is 1. The van der Waals surface area contributed by atoms with Gasteiger partial charge in [0, 0.05) is 26.6 Å². The van der Waals surface area contributed by atoms with Crippen molar-refractivity contribution >= 4 is 66.9 Å². The number of rotatable bonds is 5. The number of anilines is 2. The van der Waals surface area contributed by atoms with E-state index in [1.54, 1.807) is 27.7 Å². The molecule has 1 aliphatic rings. The minimum atomic E-state index is -1.89. The molecule has 0 bridgehead atoms. The second kappa shape index (κ2) is 18.5. The zero-order valence-electron chi connectivity index (χ0n) is 27.9. The van der Waals surface area contributed by atoms with Gasteiger partial charge in [-0.25, -0.2) is 14.9 Å². The maximum Gasteiger partial charge on any atom is 1.00 e. The van der Waals surface area contributed by atoms with Crippen molar-refractivity contribution in [1.82, 2.24) is 5.32 Å². The quantitative estimate of drug-likeness (QED) is 0.202. The third kappa shape index (κ3) is 12.5. The first-order valence-corrected chi connectivity index (χ1v) is 14.4. The number of carbonyl (C=O) groups excluding carboxylic acids is 3. The molecule has 1 fully saturated rings. The van der Waals surface area contributed by atoms with Crippen molar-refractivity contribution in [3.8, 4) is 6.26 Å². The van der Waals surface area contributed by atoms with E-state index < -0.39 is 28.9 Å². The second-order valence-corrected chi connectivity index (χ2v) is 12.3. The average Bonchev–Trinajstić information content (AvgIpc) is 3.06. The number of nitrogens with zero attached hydrogens (tertiary/aromatic N) is 2. The van der Waals surface area contributed by atoms with Crippen molar-refractivity contribution in [2.24, 2.45) is 0 Å². The van der Waals surface area contributed by atoms with Gasteiger partial charge >= 0.3 is 41.6 Å².